The van der Waals surface area contributed by atoms with Gasteiger partial charge in [-0.2, -0.15) is 0 Å². The van der Waals surface area contributed by atoms with Gasteiger partial charge in [-0.05, 0) is 24.1 Å². The van der Waals surface area contributed by atoms with Crippen molar-refractivity contribution in [2.75, 3.05) is 13.1 Å². The van der Waals surface area contributed by atoms with E-state index in [9.17, 15) is 0 Å². The molecule has 1 aliphatic rings. The molecule has 19 heavy (non-hydrogen) atoms. The first-order valence-electron chi connectivity index (χ1n) is 6.72. The monoisotopic (exact) mass is 257 g/mol. The molecule has 2 aromatic rings. The first kappa shape index (κ1) is 12.3. The van der Waals surface area contributed by atoms with Gasteiger partial charge in [-0.1, -0.05) is 24.3 Å². The van der Waals surface area contributed by atoms with Crippen molar-refractivity contribution in [3.8, 4) is 0 Å². The average molecular weight is 257 g/mol. The number of rotatable bonds is 4. The van der Waals surface area contributed by atoms with E-state index < -0.39 is 0 Å². The number of hydrogen-bond donors (Lipinski definition) is 1. The van der Waals surface area contributed by atoms with Gasteiger partial charge < -0.3 is 10.3 Å². The van der Waals surface area contributed by atoms with Gasteiger partial charge in [0.15, 0.2) is 0 Å². The second-order valence-electron chi connectivity index (χ2n) is 4.96. The second kappa shape index (κ2) is 5.50. The van der Waals surface area contributed by atoms with Gasteiger partial charge in [0, 0.05) is 19.6 Å². The van der Waals surface area contributed by atoms with Gasteiger partial charge in [-0.3, -0.25) is 4.90 Å². The van der Waals surface area contributed by atoms with Crippen LogP contribution in [0.15, 0.2) is 30.6 Å². The van der Waals surface area contributed by atoms with Crippen LogP contribution in [0.3, 0.4) is 0 Å². The zero-order chi connectivity index (χ0) is 13.1. The van der Waals surface area contributed by atoms with Gasteiger partial charge in [0.05, 0.1) is 6.54 Å². The van der Waals surface area contributed by atoms with Crippen LogP contribution in [0.2, 0.25) is 0 Å². The van der Waals surface area contributed by atoms with Crippen LogP contribution < -0.4 is 5.73 Å². The maximum atomic E-state index is 5.68. The summed E-state index contributed by atoms with van der Waals surface area (Å²) in [4.78, 5) is 2.42. The average Bonchev–Trinajstić information content (AvgIpc) is 2.89. The first-order valence-corrected chi connectivity index (χ1v) is 6.72. The molecule has 0 saturated heterocycles. The van der Waals surface area contributed by atoms with Crippen LogP contribution in [0.25, 0.3) is 0 Å². The number of hydrogen-bond acceptors (Lipinski definition) is 4. The van der Waals surface area contributed by atoms with Crippen LogP contribution in [-0.4, -0.2) is 32.8 Å². The number of aromatic nitrogens is 3. The predicted octanol–water partition coefficient (Wildman–Crippen LogP) is 0.795. The molecule has 1 aromatic heterocycles. The molecule has 0 radical (unpaired) electrons. The van der Waals surface area contributed by atoms with Gasteiger partial charge in [0.1, 0.15) is 12.2 Å². The Hall–Kier alpha value is -1.72. The van der Waals surface area contributed by atoms with Crippen molar-refractivity contribution in [2.45, 2.75) is 26.1 Å². The Labute approximate surface area is 113 Å². The summed E-state index contributed by atoms with van der Waals surface area (Å²) < 4.78 is 2.13. The van der Waals surface area contributed by atoms with Crippen LogP contribution in [0, 0.1) is 0 Å². The quantitative estimate of drug-likeness (QED) is 0.880. The SMILES string of the molecule is NCCc1ccccc1CN1CCn2cnnc2C1. The van der Waals surface area contributed by atoms with Crippen LogP contribution in [0.1, 0.15) is 17.0 Å². The van der Waals surface area contributed by atoms with Crippen LogP contribution in [0.4, 0.5) is 0 Å². The Morgan fingerprint density at radius 2 is 2.00 bits per heavy atom. The number of benzene rings is 1. The zero-order valence-electron chi connectivity index (χ0n) is 11.0. The van der Waals surface area contributed by atoms with E-state index in [4.69, 9.17) is 5.73 Å². The minimum absolute atomic E-state index is 0.700. The van der Waals surface area contributed by atoms with E-state index in [1.54, 1.807) is 0 Å². The number of nitrogens with two attached hydrogens (primary N) is 1. The summed E-state index contributed by atoms with van der Waals surface area (Å²) in [5.41, 5.74) is 8.41. The maximum absolute atomic E-state index is 5.68. The van der Waals surface area contributed by atoms with Crippen LogP contribution >= 0.6 is 0 Å². The molecule has 5 heteroatoms. The van der Waals surface area contributed by atoms with E-state index in [-0.39, 0.29) is 0 Å². The summed E-state index contributed by atoms with van der Waals surface area (Å²) in [6, 6.07) is 8.56. The summed E-state index contributed by atoms with van der Waals surface area (Å²) in [6.07, 6.45) is 2.76. The van der Waals surface area contributed by atoms with E-state index in [1.165, 1.54) is 11.1 Å². The highest BCUT2D eigenvalue weighted by Gasteiger charge is 2.18. The minimum atomic E-state index is 0.700. The topological polar surface area (TPSA) is 60.0 Å². The molecule has 3 rings (SSSR count). The Kier molecular flexibility index (Phi) is 3.57. The number of nitrogens with zero attached hydrogens (tertiary/aromatic N) is 4. The smallest absolute Gasteiger partial charge is 0.147 e. The summed E-state index contributed by atoms with van der Waals surface area (Å²) >= 11 is 0. The van der Waals surface area contributed by atoms with Gasteiger partial charge >= 0.3 is 0 Å². The van der Waals surface area contributed by atoms with Gasteiger partial charge in [0.2, 0.25) is 0 Å². The zero-order valence-corrected chi connectivity index (χ0v) is 11.0. The van der Waals surface area contributed by atoms with Crippen molar-refractivity contribution >= 4 is 0 Å². The van der Waals surface area contributed by atoms with E-state index >= 15 is 0 Å². The lowest BCUT2D eigenvalue weighted by molar-refractivity contribution is 0.208. The molecule has 0 saturated carbocycles. The molecule has 100 valence electrons. The van der Waals surface area contributed by atoms with Crippen molar-refractivity contribution in [1.29, 1.82) is 0 Å². The molecule has 0 spiro atoms. The summed E-state index contributed by atoms with van der Waals surface area (Å²) in [7, 11) is 0. The van der Waals surface area contributed by atoms with Crippen molar-refractivity contribution < 1.29 is 0 Å². The molecule has 0 aliphatic carbocycles. The molecule has 5 nitrogen and oxygen atoms in total. The Morgan fingerprint density at radius 1 is 1.16 bits per heavy atom. The van der Waals surface area contributed by atoms with Crippen LogP contribution in [-0.2, 0) is 26.1 Å². The second-order valence-corrected chi connectivity index (χ2v) is 4.96. The van der Waals surface area contributed by atoms with Crippen molar-refractivity contribution in [3.63, 3.8) is 0 Å². The fraction of sp³-hybridized carbons (Fsp3) is 0.429. The maximum Gasteiger partial charge on any atom is 0.147 e. The fourth-order valence-corrected chi connectivity index (χ4v) is 2.60. The van der Waals surface area contributed by atoms with Gasteiger partial charge in [0.25, 0.3) is 0 Å². The third kappa shape index (κ3) is 2.67. The summed E-state index contributed by atoms with van der Waals surface area (Å²) in [5, 5.41) is 8.12. The highest BCUT2D eigenvalue weighted by molar-refractivity contribution is 5.27. The Balaban J connectivity index is 1.72. The van der Waals surface area contributed by atoms with Crippen LogP contribution in [0.5, 0.6) is 0 Å². The molecular weight excluding hydrogens is 238 g/mol. The summed E-state index contributed by atoms with van der Waals surface area (Å²) in [5.74, 6) is 1.06. The molecule has 0 bridgehead atoms. The molecule has 2 N–H and O–H groups in total. The van der Waals surface area contributed by atoms with Crippen molar-refractivity contribution in [1.82, 2.24) is 19.7 Å². The third-order valence-corrected chi connectivity index (χ3v) is 3.64. The van der Waals surface area contributed by atoms with E-state index in [1.807, 2.05) is 6.33 Å². The van der Waals surface area contributed by atoms with Crippen molar-refractivity contribution in [2.24, 2.45) is 5.73 Å². The largest absolute Gasteiger partial charge is 0.330 e. The number of fused-ring (bicyclic) bond motifs is 1. The highest BCUT2D eigenvalue weighted by atomic mass is 15.3. The molecule has 0 unspecified atom stereocenters. The summed E-state index contributed by atoms with van der Waals surface area (Å²) in [6.45, 7) is 4.55. The van der Waals surface area contributed by atoms with E-state index in [0.29, 0.717) is 6.54 Å². The first-order chi connectivity index (χ1) is 9.36. The molecule has 0 fully saturated rings. The Bertz CT molecular complexity index is 548. The van der Waals surface area contributed by atoms with E-state index in [0.717, 1.165) is 38.4 Å². The molecule has 0 amide bonds. The lowest BCUT2D eigenvalue weighted by Crippen LogP contribution is -2.33. The lowest BCUT2D eigenvalue weighted by Gasteiger charge is -2.27. The molecule has 1 aromatic carbocycles. The molecule has 2 heterocycles. The molecular formula is C14H19N5. The standard InChI is InChI=1S/C14H19N5/c15-6-5-12-3-1-2-4-13(12)9-18-7-8-19-11-16-17-14(19)10-18/h1-4,11H,5-10,15H2. The minimum Gasteiger partial charge on any atom is -0.330 e. The normalized spacial score (nSPS) is 15.4. The third-order valence-electron chi connectivity index (χ3n) is 3.64. The van der Waals surface area contributed by atoms with Gasteiger partial charge in [-0.25, -0.2) is 0 Å². The Morgan fingerprint density at radius 3 is 2.84 bits per heavy atom. The highest BCUT2D eigenvalue weighted by Crippen LogP contribution is 2.16. The molecule has 1 aliphatic heterocycles. The molecule has 0 atom stereocenters. The predicted molar refractivity (Wildman–Crippen MR) is 73.3 cm³/mol. The lowest BCUT2D eigenvalue weighted by atomic mass is 10.0. The van der Waals surface area contributed by atoms with E-state index in [2.05, 4.69) is 43.9 Å². The fourth-order valence-electron chi connectivity index (χ4n) is 2.60. The van der Waals surface area contributed by atoms with Crippen molar-refractivity contribution in [3.05, 3.63) is 47.5 Å². The van der Waals surface area contributed by atoms with Gasteiger partial charge in [-0.15, -0.1) is 10.2 Å².